The topological polar surface area (TPSA) is 47.9 Å². The highest BCUT2D eigenvalue weighted by Crippen LogP contribution is 2.44. The van der Waals surface area contributed by atoms with Gasteiger partial charge in [-0.25, -0.2) is 0 Å². The Morgan fingerprint density at radius 2 is 1.73 bits per heavy atom. The third-order valence-corrected chi connectivity index (χ3v) is 18.2. The van der Waals surface area contributed by atoms with E-state index in [0.29, 0.717) is 12.8 Å². The van der Waals surface area contributed by atoms with E-state index in [1.54, 1.807) is 0 Å². The molecule has 0 spiro atoms. The maximum absolute atomic E-state index is 13.3. The Hall–Kier alpha value is -1.40. The summed E-state index contributed by atoms with van der Waals surface area (Å²) in [5, 5.41) is 11.0. The van der Waals surface area contributed by atoms with Crippen LogP contribution in [0.3, 0.4) is 0 Å². The van der Waals surface area contributed by atoms with Crippen molar-refractivity contribution in [3.8, 4) is 5.75 Å². The van der Waals surface area contributed by atoms with Crippen molar-refractivity contribution in [2.75, 3.05) is 6.61 Å². The average molecular weight is 601 g/mol. The number of hydrogen-bond acceptors (Lipinski definition) is 4. The molecule has 5 atom stereocenters. The smallest absolute Gasteiger partial charge is 0.416 e. The molecule has 1 fully saturated rings. The first kappa shape index (κ1) is 34.8. The second-order valence-electron chi connectivity index (χ2n) is 12.6. The van der Waals surface area contributed by atoms with Gasteiger partial charge in [0.05, 0.1) is 23.9 Å². The van der Waals surface area contributed by atoms with Crippen LogP contribution in [0.5, 0.6) is 5.75 Å². The lowest BCUT2D eigenvalue weighted by atomic mass is 9.90. The zero-order valence-corrected chi connectivity index (χ0v) is 27.7. The maximum atomic E-state index is 13.3. The molecular weight excluding hydrogens is 550 g/mol. The number of rotatable bonds is 14. The fraction of sp³-hybridized carbons (Fsp3) is 0.677. The summed E-state index contributed by atoms with van der Waals surface area (Å²) in [6.07, 6.45) is 1.66. The van der Waals surface area contributed by atoms with Gasteiger partial charge in [0.1, 0.15) is 12.4 Å². The molecule has 1 saturated carbocycles. The van der Waals surface area contributed by atoms with Gasteiger partial charge < -0.3 is 18.7 Å². The predicted octanol–water partition coefficient (Wildman–Crippen LogP) is 8.99. The molecule has 1 unspecified atom stereocenters. The lowest BCUT2D eigenvalue weighted by Crippen LogP contribution is -2.45. The Morgan fingerprint density at radius 1 is 1.10 bits per heavy atom. The molecule has 9 heteroatoms. The summed E-state index contributed by atoms with van der Waals surface area (Å²) in [5.74, 6) is 0.0929. The third kappa shape index (κ3) is 9.05. The highest BCUT2D eigenvalue weighted by molar-refractivity contribution is 6.74. The van der Waals surface area contributed by atoms with Crippen LogP contribution in [-0.4, -0.2) is 46.7 Å². The van der Waals surface area contributed by atoms with Crippen molar-refractivity contribution in [3.63, 3.8) is 0 Å². The molecule has 1 aliphatic carbocycles. The van der Waals surface area contributed by atoms with Crippen LogP contribution >= 0.6 is 0 Å². The monoisotopic (exact) mass is 600 g/mol. The Morgan fingerprint density at radius 3 is 2.25 bits per heavy atom. The SMILES string of the molecule is C=CC[C@H]1[C@@H](O)CC(O[Si](C)(C)C(C)(C)C)[C@@H]1/C=C/[C@H](COc1cccc(C(F)(F)F)c1)O[Si](CC)(CC)CC. The van der Waals surface area contributed by atoms with Crippen molar-refractivity contribution in [1.29, 1.82) is 0 Å². The minimum Gasteiger partial charge on any atom is -0.491 e. The first-order chi connectivity index (χ1) is 18.5. The largest absolute Gasteiger partial charge is 0.491 e. The van der Waals surface area contributed by atoms with Crippen LogP contribution in [0.4, 0.5) is 13.2 Å². The van der Waals surface area contributed by atoms with E-state index >= 15 is 0 Å². The van der Waals surface area contributed by atoms with Crippen molar-refractivity contribution in [3.05, 3.63) is 54.6 Å². The first-order valence-electron chi connectivity index (χ1n) is 14.7. The lowest BCUT2D eigenvalue weighted by Gasteiger charge is -2.40. The van der Waals surface area contributed by atoms with E-state index in [4.69, 9.17) is 13.6 Å². The van der Waals surface area contributed by atoms with Gasteiger partial charge >= 0.3 is 6.18 Å². The molecule has 228 valence electrons. The summed E-state index contributed by atoms with van der Waals surface area (Å²) in [6.45, 7) is 21.5. The summed E-state index contributed by atoms with van der Waals surface area (Å²) in [7, 11) is -4.16. The van der Waals surface area contributed by atoms with E-state index < -0.39 is 40.6 Å². The van der Waals surface area contributed by atoms with Gasteiger partial charge in [0.25, 0.3) is 0 Å². The average Bonchev–Trinajstić information content (AvgIpc) is 3.16. The number of alkyl halides is 3. The molecule has 0 saturated heterocycles. The van der Waals surface area contributed by atoms with Crippen LogP contribution < -0.4 is 4.74 Å². The van der Waals surface area contributed by atoms with E-state index in [9.17, 15) is 18.3 Å². The van der Waals surface area contributed by atoms with Crippen LogP contribution in [0, 0.1) is 11.8 Å². The molecule has 1 aliphatic rings. The Labute approximate surface area is 242 Å². The van der Waals surface area contributed by atoms with Crippen LogP contribution in [-0.2, 0) is 15.0 Å². The van der Waals surface area contributed by atoms with Gasteiger partial charge in [0, 0.05) is 5.92 Å². The number of halogens is 3. The van der Waals surface area contributed by atoms with Crippen molar-refractivity contribution in [2.24, 2.45) is 11.8 Å². The zero-order chi connectivity index (χ0) is 30.4. The van der Waals surface area contributed by atoms with Crippen LogP contribution in [0.2, 0.25) is 36.3 Å². The molecule has 4 nitrogen and oxygen atoms in total. The minimum atomic E-state index is -4.44. The van der Waals surface area contributed by atoms with Crippen LogP contribution in [0.25, 0.3) is 0 Å². The van der Waals surface area contributed by atoms with Gasteiger partial charge in [0.15, 0.2) is 16.6 Å². The van der Waals surface area contributed by atoms with Crippen molar-refractivity contribution in [2.45, 2.75) is 115 Å². The van der Waals surface area contributed by atoms with E-state index in [1.165, 1.54) is 12.1 Å². The first-order valence-corrected chi connectivity index (χ1v) is 20.1. The summed E-state index contributed by atoms with van der Waals surface area (Å²) in [4.78, 5) is 0. The molecule has 0 aliphatic heterocycles. The van der Waals surface area contributed by atoms with Crippen LogP contribution in [0.15, 0.2) is 49.1 Å². The molecule has 1 aromatic carbocycles. The number of hydrogen-bond donors (Lipinski definition) is 1. The molecule has 0 bridgehead atoms. The summed E-state index contributed by atoms with van der Waals surface area (Å²) < 4.78 is 59.3. The van der Waals surface area contributed by atoms with Gasteiger partial charge in [-0.1, -0.05) is 65.8 Å². The predicted molar refractivity (Wildman–Crippen MR) is 163 cm³/mol. The lowest BCUT2D eigenvalue weighted by molar-refractivity contribution is -0.137. The molecular formula is C31H51F3O4Si2. The summed E-state index contributed by atoms with van der Waals surface area (Å²) in [5.41, 5.74) is -0.741. The fourth-order valence-corrected chi connectivity index (χ4v) is 9.35. The molecule has 1 N–H and O–H groups in total. The third-order valence-electron chi connectivity index (χ3n) is 9.04. The van der Waals surface area contributed by atoms with Gasteiger partial charge in [-0.15, -0.1) is 6.58 Å². The van der Waals surface area contributed by atoms with Gasteiger partial charge in [-0.3, -0.25) is 0 Å². The number of aliphatic hydroxyl groups excluding tert-OH is 1. The molecule has 0 amide bonds. The summed E-state index contributed by atoms with van der Waals surface area (Å²) >= 11 is 0. The fourth-order valence-electron chi connectivity index (χ4n) is 5.20. The number of aliphatic hydroxyl groups is 1. The molecule has 1 aromatic rings. The van der Waals surface area contributed by atoms with Crippen LogP contribution in [0.1, 0.15) is 59.9 Å². The quantitative estimate of drug-likeness (QED) is 0.171. The zero-order valence-electron chi connectivity index (χ0n) is 25.7. The van der Waals surface area contributed by atoms with Crippen molar-refractivity contribution in [1.82, 2.24) is 0 Å². The summed E-state index contributed by atoms with van der Waals surface area (Å²) in [6, 6.07) is 7.77. The maximum Gasteiger partial charge on any atom is 0.416 e. The second kappa shape index (κ2) is 14.2. The Kier molecular flexibility index (Phi) is 12.3. The molecule has 40 heavy (non-hydrogen) atoms. The highest BCUT2D eigenvalue weighted by Gasteiger charge is 2.47. The molecule has 0 radical (unpaired) electrons. The van der Waals surface area contributed by atoms with E-state index in [1.807, 2.05) is 12.2 Å². The van der Waals surface area contributed by atoms with Gasteiger partial charge in [0.2, 0.25) is 0 Å². The Balaban J connectivity index is 2.38. The number of ether oxygens (including phenoxy) is 1. The minimum absolute atomic E-state index is 0.0286. The van der Waals surface area contributed by atoms with Gasteiger partial charge in [-0.2, -0.15) is 13.2 Å². The second-order valence-corrected chi connectivity index (χ2v) is 22.1. The Bertz CT molecular complexity index is 962. The highest BCUT2D eigenvalue weighted by atomic mass is 28.4. The van der Waals surface area contributed by atoms with E-state index in [0.717, 1.165) is 30.3 Å². The van der Waals surface area contributed by atoms with Gasteiger partial charge in [-0.05, 0) is 73.2 Å². The molecule has 0 aromatic heterocycles. The normalized spacial score (nSPS) is 23.5. The number of benzene rings is 1. The number of allylic oxidation sites excluding steroid dienone is 1. The van der Waals surface area contributed by atoms with E-state index in [2.05, 4.69) is 67.3 Å². The molecule has 0 heterocycles. The standard InChI is InChI=1S/C31H51F3O4Si2/c1-10-15-26-27(29(21-28(26)35)38-39(8,9)30(5,6)7)19-18-25(37-40(11-2,12-3)13-4)22-36-24-17-14-16-23(20-24)31(32,33)34/h10,14,16-20,25-29,35H,1,11-13,15,21-22H2,2-9H3/b19-18+/t25-,26-,27-,28+,29?/m1/s1. The van der Waals surface area contributed by atoms with E-state index in [-0.39, 0.29) is 35.3 Å². The molecule has 2 rings (SSSR count). The van der Waals surface area contributed by atoms with Crippen molar-refractivity contribution < 1.29 is 31.9 Å². The van der Waals surface area contributed by atoms with Crippen molar-refractivity contribution >= 4 is 16.6 Å².